The minimum Gasteiger partial charge on any atom is -0.360 e. The molecule has 1 atom stereocenters. The molecule has 5 nitrogen and oxygen atoms in total. The average molecular weight is 488 g/mol. The second-order valence-corrected chi connectivity index (χ2v) is 8.42. The van der Waals surface area contributed by atoms with E-state index in [9.17, 15) is 22.4 Å². The van der Waals surface area contributed by atoms with Crippen molar-refractivity contribution in [3.63, 3.8) is 0 Å². The van der Waals surface area contributed by atoms with E-state index < -0.39 is 29.4 Å². The highest BCUT2D eigenvalue weighted by Crippen LogP contribution is 2.36. The zero-order valence-corrected chi connectivity index (χ0v) is 19.0. The first-order valence-electron chi connectivity index (χ1n) is 10.7. The Labute approximate surface area is 196 Å². The molecule has 4 rings (SSSR count). The number of piperidine rings is 1. The Morgan fingerprint density at radius 1 is 1.12 bits per heavy atom. The fourth-order valence-corrected chi connectivity index (χ4v) is 4.43. The Morgan fingerprint density at radius 3 is 2.48 bits per heavy atom. The van der Waals surface area contributed by atoms with Crippen molar-refractivity contribution < 1.29 is 27.1 Å². The molecule has 180 valence electrons. The highest BCUT2D eigenvalue weighted by molar-refractivity contribution is 5.97. The third-order valence-electron chi connectivity index (χ3n) is 6.18. The van der Waals surface area contributed by atoms with E-state index in [4.69, 9.17) is 4.74 Å². The number of pyridine rings is 1. The van der Waals surface area contributed by atoms with Crippen LogP contribution in [0, 0.1) is 5.82 Å². The van der Waals surface area contributed by atoms with E-state index in [1.165, 1.54) is 17.0 Å². The summed E-state index contributed by atoms with van der Waals surface area (Å²) < 4.78 is 59.0. The average Bonchev–Trinajstić information content (AvgIpc) is 2.76. The number of carbonyl (C=O) groups is 1. The number of amides is 1. The zero-order valence-electron chi connectivity index (χ0n) is 18.1. The van der Waals surface area contributed by atoms with Crippen LogP contribution in [0.4, 0.5) is 23.2 Å². The van der Waals surface area contributed by atoms with Crippen LogP contribution >= 0.6 is 12.4 Å². The molecule has 0 aliphatic carbocycles. The summed E-state index contributed by atoms with van der Waals surface area (Å²) >= 11 is 0. The summed E-state index contributed by atoms with van der Waals surface area (Å²) in [5.74, 6) is -0.713. The summed E-state index contributed by atoms with van der Waals surface area (Å²) in [6, 6.07) is 10.2. The Morgan fingerprint density at radius 2 is 1.82 bits per heavy atom. The maximum atomic E-state index is 14.3. The van der Waals surface area contributed by atoms with Crippen molar-refractivity contribution >= 4 is 24.0 Å². The van der Waals surface area contributed by atoms with Crippen LogP contribution in [0.5, 0.6) is 0 Å². The second kappa shape index (κ2) is 9.95. The number of halogens is 5. The van der Waals surface area contributed by atoms with Gasteiger partial charge in [0.25, 0.3) is 5.91 Å². The van der Waals surface area contributed by atoms with E-state index in [0.29, 0.717) is 44.6 Å². The number of benzene rings is 1. The van der Waals surface area contributed by atoms with Gasteiger partial charge >= 0.3 is 6.18 Å². The molecule has 3 heterocycles. The quantitative estimate of drug-likeness (QED) is 0.596. The number of hydrogen-bond acceptors (Lipinski definition) is 4. The largest absolute Gasteiger partial charge is 0.433 e. The van der Waals surface area contributed by atoms with Gasteiger partial charge in [0.15, 0.2) is 0 Å². The molecule has 2 fully saturated rings. The van der Waals surface area contributed by atoms with Crippen molar-refractivity contribution in [1.29, 1.82) is 0 Å². The number of morpholine rings is 1. The van der Waals surface area contributed by atoms with Gasteiger partial charge in [-0.25, -0.2) is 9.37 Å². The summed E-state index contributed by atoms with van der Waals surface area (Å²) in [7, 11) is 0. The van der Waals surface area contributed by atoms with Crippen molar-refractivity contribution in [2.45, 2.75) is 44.1 Å². The lowest BCUT2D eigenvalue weighted by atomic mass is 9.88. The Hall–Kier alpha value is -2.23. The molecule has 0 radical (unpaired) electrons. The van der Waals surface area contributed by atoms with Crippen molar-refractivity contribution in [2.75, 3.05) is 31.1 Å². The lowest BCUT2D eigenvalue weighted by molar-refractivity contribution is -0.161. The highest BCUT2D eigenvalue weighted by Gasteiger charge is 2.46. The Balaban J connectivity index is 0.00000306. The summed E-state index contributed by atoms with van der Waals surface area (Å²) in [6.07, 6.45) is -3.43. The summed E-state index contributed by atoms with van der Waals surface area (Å²) in [6.45, 7) is 3.88. The summed E-state index contributed by atoms with van der Waals surface area (Å²) in [4.78, 5) is 20.0. The van der Waals surface area contributed by atoms with Crippen molar-refractivity contribution in [3.8, 4) is 0 Å². The van der Waals surface area contributed by atoms with Gasteiger partial charge in [0.2, 0.25) is 0 Å². The predicted molar refractivity (Wildman–Crippen MR) is 118 cm³/mol. The first-order valence-corrected chi connectivity index (χ1v) is 10.7. The van der Waals surface area contributed by atoms with E-state index in [2.05, 4.69) is 9.88 Å². The first kappa shape index (κ1) is 25.4. The molecular weight excluding hydrogens is 462 g/mol. The molecule has 0 N–H and O–H groups in total. The van der Waals surface area contributed by atoms with Gasteiger partial charge < -0.3 is 14.5 Å². The number of nitrogens with zero attached hydrogens (tertiary/aromatic N) is 3. The third kappa shape index (κ3) is 5.65. The number of carbonyl (C=O) groups excluding carboxylic acids is 1. The number of aromatic nitrogens is 1. The molecule has 0 bridgehead atoms. The summed E-state index contributed by atoms with van der Waals surface area (Å²) in [5.41, 5.74) is -0.792. The number of para-hydroxylation sites is 1. The van der Waals surface area contributed by atoms with E-state index >= 15 is 0 Å². The topological polar surface area (TPSA) is 45.7 Å². The maximum Gasteiger partial charge on any atom is 0.433 e. The smallest absolute Gasteiger partial charge is 0.360 e. The molecule has 1 amide bonds. The van der Waals surface area contributed by atoms with Crippen LogP contribution in [0.1, 0.15) is 31.2 Å². The number of ether oxygens (including phenoxy) is 1. The minimum atomic E-state index is -4.45. The monoisotopic (exact) mass is 487 g/mol. The molecule has 1 unspecified atom stereocenters. The molecule has 1 aromatic heterocycles. The van der Waals surface area contributed by atoms with Crippen LogP contribution in [0.3, 0.4) is 0 Å². The van der Waals surface area contributed by atoms with Crippen LogP contribution in [0.2, 0.25) is 0 Å². The molecular formula is C23H26ClF4N3O2. The van der Waals surface area contributed by atoms with Gasteiger partial charge in [-0.15, -0.1) is 12.4 Å². The Bertz CT molecular complexity index is 980. The van der Waals surface area contributed by atoms with Crippen LogP contribution in [-0.2, 0) is 22.1 Å². The second-order valence-electron chi connectivity index (χ2n) is 8.42. The van der Waals surface area contributed by atoms with Gasteiger partial charge in [-0.05, 0) is 44.0 Å². The maximum absolute atomic E-state index is 14.3. The fourth-order valence-electron chi connectivity index (χ4n) is 4.43. The van der Waals surface area contributed by atoms with Gasteiger partial charge in [0.05, 0.1) is 17.8 Å². The number of rotatable bonds is 4. The van der Waals surface area contributed by atoms with E-state index in [1.54, 1.807) is 31.2 Å². The fraction of sp³-hybridized carbons (Fsp3) is 0.478. The van der Waals surface area contributed by atoms with E-state index in [1.807, 2.05) is 0 Å². The normalized spacial score (nSPS) is 21.2. The SMILES string of the molecule is CC1OC2(CCN(CCc3cccc(C(F)(F)F)n3)CC2)CN(c2ccccc2F)C1=O.Cl. The molecule has 2 aliphatic rings. The van der Waals surface area contributed by atoms with Gasteiger partial charge in [0.1, 0.15) is 17.6 Å². The predicted octanol–water partition coefficient (Wildman–Crippen LogP) is 4.49. The van der Waals surface area contributed by atoms with Crippen LogP contribution in [0.25, 0.3) is 0 Å². The molecule has 10 heteroatoms. The molecule has 2 saturated heterocycles. The standard InChI is InChI=1S/C23H25F4N3O2.ClH/c1-16-21(31)30(19-7-3-2-6-18(19)24)15-22(32-16)10-13-29(14-11-22)12-9-17-5-4-8-20(28-17)23(25,26)27;/h2-8,16H,9-15H2,1H3;1H. The molecule has 33 heavy (non-hydrogen) atoms. The number of likely N-dealkylation sites (tertiary alicyclic amines) is 1. The van der Waals surface area contributed by atoms with E-state index in [-0.39, 0.29) is 30.5 Å². The van der Waals surface area contributed by atoms with Crippen molar-refractivity contribution in [1.82, 2.24) is 9.88 Å². The van der Waals surface area contributed by atoms with Crippen molar-refractivity contribution in [2.24, 2.45) is 0 Å². The van der Waals surface area contributed by atoms with Gasteiger partial charge in [-0.1, -0.05) is 18.2 Å². The molecule has 1 spiro atoms. The summed E-state index contributed by atoms with van der Waals surface area (Å²) in [5, 5.41) is 0. The van der Waals surface area contributed by atoms with Crippen molar-refractivity contribution in [3.05, 3.63) is 59.7 Å². The minimum absolute atomic E-state index is 0. The molecule has 2 aliphatic heterocycles. The van der Waals surface area contributed by atoms with Crippen LogP contribution < -0.4 is 4.90 Å². The molecule has 0 saturated carbocycles. The zero-order chi connectivity index (χ0) is 22.9. The number of hydrogen-bond donors (Lipinski definition) is 0. The van der Waals surface area contributed by atoms with Gasteiger partial charge in [0, 0.05) is 31.7 Å². The third-order valence-corrected chi connectivity index (χ3v) is 6.18. The van der Waals surface area contributed by atoms with Gasteiger partial charge in [-0.3, -0.25) is 4.79 Å². The van der Waals surface area contributed by atoms with E-state index in [0.717, 1.165) is 6.07 Å². The number of anilines is 1. The van der Waals surface area contributed by atoms with Gasteiger partial charge in [-0.2, -0.15) is 13.2 Å². The lowest BCUT2D eigenvalue weighted by Gasteiger charge is -2.49. The van der Waals surface area contributed by atoms with Crippen LogP contribution in [-0.4, -0.2) is 53.7 Å². The first-order chi connectivity index (χ1) is 15.2. The number of alkyl halides is 3. The highest BCUT2D eigenvalue weighted by atomic mass is 35.5. The lowest BCUT2D eigenvalue weighted by Crippen LogP contribution is -2.61. The van der Waals surface area contributed by atoms with Crippen LogP contribution in [0.15, 0.2) is 42.5 Å². The Kier molecular flexibility index (Phi) is 7.65. The molecule has 2 aromatic rings. The molecule has 1 aromatic carbocycles.